The number of nitrogens with zero attached hydrogens (tertiary/aromatic N) is 2. The Kier molecular flexibility index (Phi) is 6.15. The van der Waals surface area contributed by atoms with Crippen molar-refractivity contribution < 1.29 is 17.6 Å². The van der Waals surface area contributed by atoms with Crippen LogP contribution < -0.4 is 0 Å². The smallest absolute Gasteiger partial charge is 0.243 e. The maximum absolute atomic E-state index is 13.0. The number of hydrogen-bond donors (Lipinski definition) is 0. The van der Waals surface area contributed by atoms with Crippen LogP contribution in [0.5, 0.6) is 0 Å². The van der Waals surface area contributed by atoms with Crippen molar-refractivity contribution in [3.63, 3.8) is 0 Å². The molecule has 0 fully saturated rings. The van der Waals surface area contributed by atoms with Crippen LogP contribution in [0.25, 0.3) is 0 Å². The Balaban J connectivity index is 2.06. The summed E-state index contributed by atoms with van der Waals surface area (Å²) in [5.41, 5.74) is 3.23. The first-order valence-electron chi connectivity index (χ1n) is 8.13. The second-order valence-electron chi connectivity index (χ2n) is 6.39. The van der Waals surface area contributed by atoms with Gasteiger partial charge >= 0.3 is 0 Å². The number of likely N-dealkylation sites (N-methyl/N-ethyl adjacent to an activating group) is 2. The van der Waals surface area contributed by atoms with Crippen LogP contribution in [0.1, 0.15) is 16.7 Å². The zero-order valence-corrected chi connectivity index (χ0v) is 16.2. The summed E-state index contributed by atoms with van der Waals surface area (Å²) < 4.78 is 38.9. The molecule has 1 amide bonds. The van der Waals surface area contributed by atoms with Gasteiger partial charge in [0.05, 0.1) is 11.4 Å². The van der Waals surface area contributed by atoms with E-state index in [1.54, 1.807) is 7.05 Å². The number of rotatable bonds is 6. The SMILES string of the molecule is Cc1ccc(CN(C)C(=O)CN(C)S(=O)(=O)c2ccc(F)cc2)c(C)c1. The Labute approximate surface area is 154 Å². The van der Waals surface area contributed by atoms with E-state index in [1.165, 1.54) is 24.1 Å². The molecule has 140 valence electrons. The van der Waals surface area contributed by atoms with E-state index in [-0.39, 0.29) is 17.3 Å². The van der Waals surface area contributed by atoms with Crippen molar-refractivity contribution in [2.45, 2.75) is 25.3 Å². The normalized spacial score (nSPS) is 11.6. The van der Waals surface area contributed by atoms with Crippen LogP contribution in [0.3, 0.4) is 0 Å². The topological polar surface area (TPSA) is 57.7 Å². The van der Waals surface area contributed by atoms with E-state index in [0.29, 0.717) is 6.54 Å². The predicted molar refractivity (Wildman–Crippen MR) is 98.6 cm³/mol. The van der Waals surface area contributed by atoms with Gasteiger partial charge in [-0.1, -0.05) is 23.8 Å². The van der Waals surface area contributed by atoms with Gasteiger partial charge in [-0.15, -0.1) is 0 Å². The summed E-state index contributed by atoms with van der Waals surface area (Å²) in [5.74, 6) is -0.839. The molecule has 0 saturated carbocycles. The first-order valence-corrected chi connectivity index (χ1v) is 9.57. The molecule has 0 aromatic heterocycles. The molecule has 0 atom stereocenters. The Morgan fingerprint density at radius 2 is 1.65 bits per heavy atom. The summed E-state index contributed by atoms with van der Waals surface area (Å²) in [6, 6.07) is 10.5. The standard InChI is InChI=1S/C19H23FN2O3S/c1-14-5-6-16(15(2)11-14)12-21(3)19(23)13-22(4)26(24,25)18-9-7-17(20)8-10-18/h5-11H,12-13H2,1-4H3. The average molecular weight is 378 g/mol. The molecule has 0 unspecified atom stereocenters. The number of carbonyl (C=O) groups is 1. The molecule has 0 aliphatic heterocycles. The first kappa shape index (κ1) is 20.1. The second kappa shape index (κ2) is 7.97. The number of hydrogen-bond acceptors (Lipinski definition) is 3. The summed E-state index contributed by atoms with van der Waals surface area (Å²) in [6.45, 7) is 4.09. The highest BCUT2D eigenvalue weighted by molar-refractivity contribution is 7.89. The van der Waals surface area contributed by atoms with Crippen molar-refractivity contribution in [1.29, 1.82) is 0 Å². The van der Waals surface area contributed by atoms with Crippen LogP contribution in [0.15, 0.2) is 47.4 Å². The second-order valence-corrected chi connectivity index (χ2v) is 8.44. The molecule has 0 radical (unpaired) electrons. The fourth-order valence-electron chi connectivity index (χ4n) is 2.55. The van der Waals surface area contributed by atoms with Gasteiger partial charge in [0, 0.05) is 20.6 Å². The number of benzene rings is 2. The van der Waals surface area contributed by atoms with Gasteiger partial charge in [-0.05, 0) is 49.2 Å². The summed E-state index contributed by atoms with van der Waals surface area (Å²) in [7, 11) is -0.878. The maximum atomic E-state index is 13.0. The van der Waals surface area contributed by atoms with Crippen molar-refractivity contribution in [3.05, 3.63) is 65.0 Å². The van der Waals surface area contributed by atoms with Crippen LogP contribution in [0.4, 0.5) is 4.39 Å². The van der Waals surface area contributed by atoms with Crippen LogP contribution in [0.2, 0.25) is 0 Å². The molecule has 26 heavy (non-hydrogen) atoms. The third-order valence-corrected chi connectivity index (χ3v) is 6.03. The molecule has 0 spiro atoms. The predicted octanol–water partition coefficient (Wildman–Crippen LogP) is 2.72. The summed E-state index contributed by atoms with van der Waals surface area (Å²) in [5, 5.41) is 0. The molecule has 0 aliphatic carbocycles. The van der Waals surface area contributed by atoms with Crippen molar-refractivity contribution in [2.24, 2.45) is 0 Å². The van der Waals surface area contributed by atoms with Gasteiger partial charge in [0.25, 0.3) is 0 Å². The lowest BCUT2D eigenvalue weighted by atomic mass is 10.1. The minimum atomic E-state index is -3.85. The minimum absolute atomic E-state index is 0.0498. The highest BCUT2D eigenvalue weighted by Gasteiger charge is 2.24. The summed E-state index contributed by atoms with van der Waals surface area (Å²) >= 11 is 0. The molecule has 5 nitrogen and oxygen atoms in total. The van der Waals surface area contributed by atoms with E-state index >= 15 is 0 Å². The van der Waals surface area contributed by atoms with Crippen LogP contribution in [-0.2, 0) is 21.4 Å². The number of carbonyl (C=O) groups excluding carboxylic acids is 1. The number of amides is 1. The number of halogens is 1. The van der Waals surface area contributed by atoms with Gasteiger partial charge in [-0.3, -0.25) is 4.79 Å². The quantitative estimate of drug-likeness (QED) is 0.777. The summed E-state index contributed by atoms with van der Waals surface area (Å²) in [6.07, 6.45) is 0. The zero-order chi connectivity index (χ0) is 19.5. The van der Waals surface area contributed by atoms with Crippen molar-refractivity contribution >= 4 is 15.9 Å². The van der Waals surface area contributed by atoms with Crippen LogP contribution >= 0.6 is 0 Å². The Bertz CT molecular complexity index is 896. The lowest BCUT2D eigenvalue weighted by Crippen LogP contribution is -2.39. The molecule has 0 N–H and O–H groups in total. The molecule has 0 saturated heterocycles. The van der Waals surface area contributed by atoms with E-state index < -0.39 is 15.8 Å². The summed E-state index contributed by atoms with van der Waals surface area (Å²) in [4.78, 5) is 13.9. The highest BCUT2D eigenvalue weighted by atomic mass is 32.2. The Morgan fingerprint density at radius 3 is 2.23 bits per heavy atom. The average Bonchev–Trinajstić information content (AvgIpc) is 2.57. The van der Waals surface area contributed by atoms with E-state index in [1.807, 2.05) is 32.0 Å². The van der Waals surface area contributed by atoms with Gasteiger partial charge in [-0.25, -0.2) is 12.8 Å². The lowest BCUT2D eigenvalue weighted by Gasteiger charge is -2.22. The van der Waals surface area contributed by atoms with Crippen LogP contribution in [0, 0.1) is 19.7 Å². The maximum Gasteiger partial charge on any atom is 0.243 e. The van der Waals surface area contributed by atoms with Crippen LogP contribution in [-0.4, -0.2) is 44.2 Å². The highest BCUT2D eigenvalue weighted by Crippen LogP contribution is 2.16. The molecule has 2 rings (SSSR count). The first-order chi connectivity index (χ1) is 12.1. The third kappa shape index (κ3) is 4.68. The monoisotopic (exact) mass is 378 g/mol. The Hall–Kier alpha value is -2.25. The molecule has 0 bridgehead atoms. The molecule has 0 aliphatic rings. The fourth-order valence-corrected chi connectivity index (χ4v) is 3.67. The van der Waals surface area contributed by atoms with Gasteiger partial charge in [0.1, 0.15) is 5.82 Å². The molecule has 2 aromatic carbocycles. The lowest BCUT2D eigenvalue weighted by molar-refractivity contribution is -0.130. The minimum Gasteiger partial charge on any atom is -0.340 e. The van der Waals surface area contributed by atoms with Gasteiger partial charge in [-0.2, -0.15) is 4.31 Å². The Morgan fingerprint density at radius 1 is 1.04 bits per heavy atom. The molecular formula is C19H23FN2O3S. The van der Waals surface area contributed by atoms with E-state index in [0.717, 1.165) is 33.1 Å². The fraction of sp³-hybridized carbons (Fsp3) is 0.316. The van der Waals surface area contributed by atoms with Gasteiger partial charge in [0.15, 0.2) is 0 Å². The van der Waals surface area contributed by atoms with Gasteiger partial charge in [0.2, 0.25) is 15.9 Å². The molecular weight excluding hydrogens is 355 g/mol. The van der Waals surface area contributed by atoms with Crippen molar-refractivity contribution in [1.82, 2.24) is 9.21 Å². The third-order valence-electron chi connectivity index (χ3n) is 4.21. The van der Waals surface area contributed by atoms with E-state index in [2.05, 4.69) is 0 Å². The largest absolute Gasteiger partial charge is 0.340 e. The number of aryl methyl sites for hydroxylation is 2. The van der Waals surface area contributed by atoms with Crippen molar-refractivity contribution in [2.75, 3.05) is 20.6 Å². The van der Waals surface area contributed by atoms with E-state index in [4.69, 9.17) is 0 Å². The molecule has 7 heteroatoms. The van der Waals surface area contributed by atoms with Gasteiger partial charge < -0.3 is 4.90 Å². The molecule has 2 aromatic rings. The number of sulfonamides is 1. The van der Waals surface area contributed by atoms with Crippen molar-refractivity contribution in [3.8, 4) is 0 Å². The van der Waals surface area contributed by atoms with E-state index in [9.17, 15) is 17.6 Å². The molecule has 0 heterocycles. The zero-order valence-electron chi connectivity index (χ0n) is 15.4.